The number of nitrogens with zero attached hydrogens (tertiary/aromatic N) is 9. The third-order valence-electron chi connectivity index (χ3n) is 26.3. The number of benzene rings is 2. The molecular weight excluding hydrogens is 1680 g/mol. The van der Waals surface area contributed by atoms with Gasteiger partial charge in [0.05, 0.1) is 83.3 Å². The Kier molecular flexibility index (Phi) is 41.0. The Morgan fingerprint density at radius 2 is 1.24 bits per heavy atom. The summed E-state index contributed by atoms with van der Waals surface area (Å²) in [4.78, 5) is 10.3. The molecule has 0 amide bonds. The monoisotopic (exact) mass is 1840 g/mol. The molecule has 0 fully saturated rings. The van der Waals surface area contributed by atoms with Crippen molar-refractivity contribution < 1.29 is 15.3 Å². The number of fused-ring (bicyclic) bond motifs is 11. The molecule has 726 valence electrons. The minimum Gasteiger partial charge on any atom is -0.405 e. The molecule has 2 aromatic carbocycles. The van der Waals surface area contributed by atoms with Gasteiger partial charge in [-0.3, -0.25) is 20.4 Å². The molecular formula is C107H155N25O3. The Balaban J connectivity index is 0.000000168. The van der Waals surface area contributed by atoms with Gasteiger partial charge in [-0.1, -0.05) is 177 Å². The topological polar surface area (TPSA) is 413 Å². The van der Waals surface area contributed by atoms with Gasteiger partial charge in [0.1, 0.15) is 6.23 Å². The summed E-state index contributed by atoms with van der Waals surface area (Å²) in [5.74, 6) is 1.84. The smallest absolute Gasteiger partial charge is 0.133 e. The molecule has 11 atom stereocenters. The second-order valence-electron chi connectivity index (χ2n) is 36.9. The van der Waals surface area contributed by atoms with Crippen molar-refractivity contribution in [2.24, 2.45) is 62.3 Å². The fourth-order valence-corrected chi connectivity index (χ4v) is 18.8. The van der Waals surface area contributed by atoms with E-state index in [1.54, 1.807) is 23.0 Å². The van der Waals surface area contributed by atoms with E-state index in [2.05, 4.69) is 288 Å². The molecule has 135 heavy (non-hydrogen) atoms. The molecule has 0 saturated heterocycles. The molecule has 0 radical (unpaired) electrons. The third kappa shape index (κ3) is 27.0. The quantitative estimate of drug-likeness (QED) is 0.00860. The molecule has 28 heteroatoms. The van der Waals surface area contributed by atoms with Crippen LogP contribution in [0.4, 0.5) is 17.1 Å². The zero-order chi connectivity index (χ0) is 95.7. The molecule has 11 heterocycles. The van der Waals surface area contributed by atoms with Crippen LogP contribution in [0.1, 0.15) is 262 Å². The van der Waals surface area contributed by atoms with Crippen LogP contribution in [0, 0.1) is 63.2 Å². The van der Waals surface area contributed by atoms with Crippen LogP contribution in [0.25, 0.3) is 39.4 Å². The Labute approximate surface area is 801 Å². The number of H-pyrrole nitrogens is 4. The van der Waals surface area contributed by atoms with Crippen molar-refractivity contribution in [3.8, 4) is 0 Å². The Morgan fingerprint density at radius 3 is 1.79 bits per heavy atom. The molecule has 0 saturated carbocycles. The molecule has 10 aliphatic rings. The molecule has 11 unspecified atom stereocenters. The number of anilines is 3. The van der Waals surface area contributed by atoms with Gasteiger partial charge < -0.3 is 65.7 Å². The first-order valence-electron chi connectivity index (χ1n) is 48.6. The molecule has 22 N–H and O–H groups in total. The zero-order valence-corrected chi connectivity index (χ0v) is 82.8. The number of hydrazine groups is 1. The maximum atomic E-state index is 9.78. The molecule has 0 bridgehead atoms. The minimum atomic E-state index is -0.957. The number of hydrogen-bond donors (Lipinski definition) is 18. The maximum Gasteiger partial charge on any atom is 0.133 e. The number of hydrogen-bond acceptors (Lipinski definition) is 24. The Hall–Kier alpha value is -12.0. The van der Waals surface area contributed by atoms with Crippen LogP contribution in [-0.4, -0.2) is 130 Å². The van der Waals surface area contributed by atoms with Gasteiger partial charge in [0, 0.05) is 118 Å². The van der Waals surface area contributed by atoms with Crippen LogP contribution >= 0.6 is 0 Å². The lowest BCUT2D eigenvalue weighted by Crippen LogP contribution is -2.33. The fourth-order valence-electron chi connectivity index (χ4n) is 18.8. The first-order valence-corrected chi connectivity index (χ1v) is 48.6. The summed E-state index contributed by atoms with van der Waals surface area (Å²) in [6.45, 7) is 40.1. The van der Waals surface area contributed by atoms with Crippen LogP contribution in [0.2, 0.25) is 0 Å². The van der Waals surface area contributed by atoms with E-state index in [0.29, 0.717) is 24.2 Å². The predicted molar refractivity (Wildman–Crippen MR) is 561 cm³/mol. The standard InChI is InChI=1S/C23H31N5O.C21H25N5.C21H26N4O2.2C11H18N2.2C10H17N3.H3N/c1-4-16(14-25-29-28(2)3)8-7-11-20-17-9-5-6-10-18(17)23-19-15-24-27-21(19)12-13-22(23)26-20;1-11(2)20-19-17(25-26-20)9-8-16-18(19)13-6-4-5-7-14(13)21(23-16)15-10-22-24-12(15)3;1-3-4-15-12(2)19-16-11-22-24-17(16)9-10-18(19)23-20(15)13-5-7-14(8-6-13)21(26)25-27;2*1-3-4-5-6-7-8-11-9-12-13-10(11)2;2*1-4-9-8(5-6-11)10(7(2)3)13-12-9;/h4,7,11-13,15-16,20,25-26H,1,5-6,8-10,14H2,2-3H3,(H,24,27);8-10,21,23,25-26H,4-7H2,1-3H3,(H,22,24);5-7,9-11,14,16-17,21,24-27H,3-4,8H2,1-2H3;2*6-7,9H,3-5,8H2,1-2H3,(H,12,13);2*4-9,12H,1,11H2,2-3H3;1H3/b11-7+;;;2*7-6+;2*6-5+;. The number of aliphatic hydroxyl groups is 1. The molecule has 7 aromatic rings. The Bertz CT molecular complexity index is 5400. The van der Waals surface area contributed by atoms with E-state index in [1.807, 2.05) is 93.1 Å². The van der Waals surface area contributed by atoms with Crippen molar-refractivity contribution in [2.45, 2.75) is 261 Å². The number of aromatic amines is 4. The van der Waals surface area contributed by atoms with Crippen LogP contribution in [0.15, 0.2) is 204 Å². The number of hydrazone groups is 3. The normalized spacial score (nSPS) is 21.1. The van der Waals surface area contributed by atoms with Gasteiger partial charge in [-0.15, -0.1) is 19.7 Å². The van der Waals surface area contributed by atoms with Crippen LogP contribution in [0.3, 0.4) is 0 Å². The number of rotatable bonds is 30. The summed E-state index contributed by atoms with van der Waals surface area (Å²) >= 11 is 0. The van der Waals surface area contributed by atoms with E-state index < -0.39 is 6.23 Å². The summed E-state index contributed by atoms with van der Waals surface area (Å²) in [7, 11) is 3.71. The molecule has 17 rings (SSSR count). The van der Waals surface area contributed by atoms with Crippen LogP contribution in [0.5, 0.6) is 0 Å². The second-order valence-corrected chi connectivity index (χ2v) is 36.9. The van der Waals surface area contributed by atoms with Crippen LogP contribution < -0.4 is 66.3 Å². The molecule has 5 aromatic heterocycles. The molecule has 28 nitrogen and oxygen atoms in total. The first-order chi connectivity index (χ1) is 65.0. The SMILES string of the molecule is C=CC(C/C=C/C1Nc2ccc3[nH]ncc3c2C2=C1CCCC2)CNON(C)C.C=CC1NN=C(C(C)C)C1/C=C/N.C=CC1NN=C(C(C)C)C1/C=C/N.CC(C)=C1NNc2ccc3c(c21)C1=C(CCCC1)C(c1cn[nH]c1C)N3.CCCC/C=C/Cc1cn[nH]c1C.CCCC/C=C/Cc1cn[nH]c1C.CCCc1c(C2=CCC(C(O)NO)C=C2)nc2c(c1C)C1C=NNC1C=C2.N. The van der Waals surface area contributed by atoms with E-state index in [4.69, 9.17) is 26.6 Å². The van der Waals surface area contributed by atoms with E-state index in [9.17, 15) is 5.11 Å². The fraction of sp³-hybridized carbons (Fsp3) is 0.458. The van der Waals surface area contributed by atoms with Crippen molar-refractivity contribution in [1.82, 2.24) is 89.7 Å². The number of aromatic nitrogens is 9. The second kappa shape index (κ2) is 52.7. The summed E-state index contributed by atoms with van der Waals surface area (Å²) in [6, 6.07) is 9.80. The highest BCUT2D eigenvalue weighted by Gasteiger charge is 2.38. The van der Waals surface area contributed by atoms with E-state index in [0.717, 1.165) is 104 Å². The van der Waals surface area contributed by atoms with Crippen molar-refractivity contribution in [1.29, 1.82) is 0 Å². The largest absolute Gasteiger partial charge is 0.405 e. The number of pyridine rings is 1. The number of hydroxylamine groups is 4. The van der Waals surface area contributed by atoms with Crippen molar-refractivity contribution in [3.05, 3.63) is 268 Å². The number of aliphatic hydroxyl groups excluding tert-OH is 1. The van der Waals surface area contributed by atoms with Crippen molar-refractivity contribution >= 4 is 74.1 Å². The van der Waals surface area contributed by atoms with E-state index in [-0.39, 0.29) is 60.0 Å². The number of nitrogens with two attached hydrogens (primary N) is 2. The molecule has 6 aliphatic heterocycles. The average molecular weight is 1840 g/mol. The van der Waals surface area contributed by atoms with Gasteiger partial charge in [0.2, 0.25) is 0 Å². The minimum absolute atomic E-state index is 0. The zero-order valence-electron chi connectivity index (χ0n) is 82.8. The lowest BCUT2D eigenvalue weighted by molar-refractivity contribution is -0.179. The van der Waals surface area contributed by atoms with Gasteiger partial charge in [-0.25, -0.2) is 9.92 Å². The highest BCUT2D eigenvalue weighted by Crippen LogP contribution is 2.52. The summed E-state index contributed by atoms with van der Waals surface area (Å²) < 4.78 is 0. The van der Waals surface area contributed by atoms with Crippen LogP contribution in [-0.2, 0) is 24.2 Å². The van der Waals surface area contributed by atoms with Crippen molar-refractivity contribution in [2.75, 3.05) is 36.7 Å². The van der Waals surface area contributed by atoms with Crippen molar-refractivity contribution in [3.63, 3.8) is 0 Å². The van der Waals surface area contributed by atoms with Gasteiger partial charge in [-0.2, -0.15) is 51.7 Å². The lowest BCUT2D eigenvalue weighted by atomic mass is 9.77. The summed E-state index contributed by atoms with van der Waals surface area (Å²) in [5, 5.41) is 70.6. The number of unbranched alkanes of at least 4 members (excludes halogenated alkanes) is 4. The first kappa shape index (κ1) is 105. The number of allylic oxidation sites excluding steroid dienone is 11. The highest BCUT2D eigenvalue weighted by molar-refractivity contribution is 6.01. The Morgan fingerprint density at radius 1 is 0.652 bits per heavy atom. The third-order valence-corrected chi connectivity index (χ3v) is 26.3. The van der Waals surface area contributed by atoms with E-state index >= 15 is 0 Å². The van der Waals surface area contributed by atoms with Gasteiger partial charge in [-0.05, 0) is 254 Å². The van der Waals surface area contributed by atoms with E-state index in [1.165, 1.54) is 176 Å². The molecule has 0 spiro atoms. The summed E-state index contributed by atoms with van der Waals surface area (Å²) in [5.41, 5.74) is 65.8. The van der Waals surface area contributed by atoms with Gasteiger partial charge >= 0.3 is 0 Å². The predicted octanol–water partition coefficient (Wildman–Crippen LogP) is 20.7. The highest BCUT2D eigenvalue weighted by atomic mass is 16.8. The lowest BCUT2D eigenvalue weighted by Gasteiger charge is -2.36. The number of aryl methyl sites for hydroxylation is 3. The van der Waals surface area contributed by atoms with Gasteiger partial charge in [0.15, 0.2) is 0 Å². The number of nitrogens with one attached hydrogen (secondary N) is 13. The summed E-state index contributed by atoms with van der Waals surface area (Å²) in [6.07, 6.45) is 68.3. The van der Waals surface area contributed by atoms with Gasteiger partial charge in [0.25, 0.3) is 0 Å². The molecule has 4 aliphatic carbocycles. The average Bonchev–Trinajstić information content (AvgIpc) is 1.72. The maximum absolute atomic E-state index is 9.78.